The van der Waals surface area contributed by atoms with Crippen molar-refractivity contribution in [3.8, 4) is 0 Å². The fourth-order valence-electron chi connectivity index (χ4n) is 3.34. The number of nitrogens with zero attached hydrogens (tertiary/aromatic N) is 1. The molecule has 2 aromatic rings. The molecule has 1 heterocycles. The molecule has 0 radical (unpaired) electrons. The van der Waals surface area contributed by atoms with E-state index >= 15 is 0 Å². The summed E-state index contributed by atoms with van der Waals surface area (Å²) < 4.78 is 2.23. The van der Waals surface area contributed by atoms with Gasteiger partial charge in [0.15, 0.2) is 5.78 Å². The SMILES string of the molecule is Cc1cc(C(=O)CNc2ccc(C(C)C)cc2)c(C)n1C(C)(C)C. The number of anilines is 1. The zero-order valence-electron chi connectivity index (χ0n) is 16.0. The molecule has 0 aliphatic rings. The van der Waals surface area contributed by atoms with Crippen LogP contribution in [0.1, 0.15) is 67.8 Å². The Morgan fingerprint density at radius 1 is 1.12 bits per heavy atom. The summed E-state index contributed by atoms with van der Waals surface area (Å²) in [7, 11) is 0. The topological polar surface area (TPSA) is 34.0 Å². The van der Waals surface area contributed by atoms with Crippen LogP contribution in [0.3, 0.4) is 0 Å². The number of rotatable bonds is 5. The van der Waals surface area contributed by atoms with Crippen LogP contribution in [0.15, 0.2) is 30.3 Å². The van der Waals surface area contributed by atoms with E-state index < -0.39 is 0 Å². The zero-order chi connectivity index (χ0) is 18.1. The number of hydrogen-bond donors (Lipinski definition) is 1. The standard InChI is InChI=1S/C21H30N2O/c1-14(2)17-8-10-18(11-9-17)22-13-20(24)19-12-15(3)23(16(19)4)21(5,6)7/h8-12,14,22H,13H2,1-7H3. The number of aryl methyl sites for hydroxylation is 1. The normalized spacial score (nSPS) is 11.8. The first-order valence-corrected chi connectivity index (χ1v) is 8.67. The molecule has 130 valence electrons. The van der Waals surface area contributed by atoms with Crippen LogP contribution >= 0.6 is 0 Å². The summed E-state index contributed by atoms with van der Waals surface area (Å²) in [5, 5.41) is 3.24. The summed E-state index contributed by atoms with van der Waals surface area (Å²) in [5.74, 6) is 0.648. The Balaban J connectivity index is 2.11. The second-order valence-corrected chi connectivity index (χ2v) is 7.84. The smallest absolute Gasteiger partial charge is 0.183 e. The van der Waals surface area contributed by atoms with Gasteiger partial charge in [0.2, 0.25) is 0 Å². The van der Waals surface area contributed by atoms with Crippen molar-refractivity contribution in [3.63, 3.8) is 0 Å². The maximum Gasteiger partial charge on any atom is 0.183 e. The third-order valence-electron chi connectivity index (χ3n) is 4.43. The van der Waals surface area contributed by atoms with Gasteiger partial charge in [0.05, 0.1) is 6.54 Å². The van der Waals surface area contributed by atoms with Crippen molar-refractivity contribution in [2.24, 2.45) is 0 Å². The Hall–Kier alpha value is -2.03. The predicted octanol–water partition coefficient (Wildman–Crippen LogP) is 5.28. The quantitative estimate of drug-likeness (QED) is 0.759. The van der Waals surface area contributed by atoms with E-state index in [1.54, 1.807) is 0 Å². The van der Waals surface area contributed by atoms with Crippen molar-refractivity contribution < 1.29 is 4.79 Å². The van der Waals surface area contributed by atoms with Gasteiger partial charge in [-0.15, -0.1) is 0 Å². The summed E-state index contributed by atoms with van der Waals surface area (Å²) in [6.07, 6.45) is 0. The molecular weight excluding hydrogens is 296 g/mol. The third kappa shape index (κ3) is 3.89. The van der Waals surface area contributed by atoms with E-state index in [4.69, 9.17) is 0 Å². The minimum Gasteiger partial charge on any atom is -0.378 e. The molecule has 1 aromatic heterocycles. The van der Waals surface area contributed by atoms with E-state index in [1.807, 2.05) is 25.1 Å². The van der Waals surface area contributed by atoms with Crippen molar-refractivity contribution in [1.82, 2.24) is 4.57 Å². The van der Waals surface area contributed by atoms with Gasteiger partial charge in [-0.3, -0.25) is 4.79 Å². The average molecular weight is 326 g/mol. The molecule has 0 bridgehead atoms. The Labute approximate surface area is 146 Å². The summed E-state index contributed by atoms with van der Waals surface area (Å²) in [6, 6.07) is 10.3. The molecule has 0 aliphatic carbocycles. The van der Waals surface area contributed by atoms with Crippen molar-refractivity contribution in [2.75, 3.05) is 11.9 Å². The van der Waals surface area contributed by atoms with Crippen LogP contribution in [0.2, 0.25) is 0 Å². The van der Waals surface area contributed by atoms with Gasteiger partial charge < -0.3 is 9.88 Å². The lowest BCUT2D eigenvalue weighted by molar-refractivity contribution is 0.101. The minimum absolute atomic E-state index is 0.0210. The Morgan fingerprint density at radius 2 is 1.71 bits per heavy atom. The van der Waals surface area contributed by atoms with Gasteiger partial charge in [-0.25, -0.2) is 0 Å². The average Bonchev–Trinajstić information content (AvgIpc) is 2.80. The highest BCUT2D eigenvalue weighted by molar-refractivity contribution is 6.00. The van der Waals surface area contributed by atoms with Gasteiger partial charge in [-0.1, -0.05) is 26.0 Å². The second-order valence-electron chi connectivity index (χ2n) is 7.84. The zero-order valence-corrected chi connectivity index (χ0v) is 16.0. The molecule has 0 saturated heterocycles. The summed E-state index contributed by atoms with van der Waals surface area (Å²) in [4.78, 5) is 12.6. The van der Waals surface area contributed by atoms with Crippen molar-refractivity contribution in [3.05, 3.63) is 52.8 Å². The van der Waals surface area contributed by atoms with Gasteiger partial charge in [0.1, 0.15) is 0 Å². The van der Waals surface area contributed by atoms with Crippen LogP contribution in [0.25, 0.3) is 0 Å². The van der Waals surface area contributed by atoms with Crippen LogP contribution in [-0.2, 0) is 5.54 Å². The van der Waals surface area contributed by atoms with Crippen LogP contribution in [0, 0.1) is 13.8 Å². The molecular formula is C21H30N2O. The number of carbonyl (C=O) groups is 1. The summed E-state index contributed by atoms with van der Waals surface area (Å²) in [6.45, 7) is 15.3. The van der Waals surface area contributed by atoms with Gasteiger partial charge >= 0.3 is 0 Å². The minimum atomic E-state index is -0.0210. The molecule has 0 atom stereocenters. The highest BCUT2D eigenvalue weighted by Crippen LogP contribution is 2.25. The molecule has 2 rings (SSSR count). The summed E-state index contributed by atoms with van der Waals surface area (Å²) in [5.41, 5.74) is 5.26. The molecule has 0 aliphatic heterocycles. The highest BCUT2D eigenvalue weighted by Gasteiger charge is 2.22. The van der Waals surface area contributed by atoms with Crippen LogP contribution < -0.4 is 5.32 Å². The van der Waals surface area contributed by atoms with E-state index in [-0.39, 0.29) is 11.3 Å². The third-order valence-corrected chi connectivity index (χ3v) is 4.43. The van der Waals surface area contributed by atoms with Gasteiger partial charge in [-0.2, -0.15) is 0 Å². The molecule has 1 N–H and O–H groups in total. The lowest BCUT2D eigenvalue weighted by Crippen LogP contribution is -2.24. The first-order valence-electron chi connectivity index (χ1n) is 8.67. The number of Topliss-reactive ketones (excluding diaryl/α,β-unsaturated/α-hetero) is 1. The van der Waals surface area contributed by atoms with Crippen LogP contribution in [0.4, 0.5) is 5.69 Å². The molecule has 0 amide bonds. The van der Waals surface area contributed by atoms with E-state index in [1.165, 1.54) is 5.56 Å². The Bertz CT molecular complexity index is 716. The van der Waals surface area contributed by atoms with E-state index in [2.05, 4.69) is 63.6 Å². The van der Waals surface area contributed by atoms with E-state index in [0.717, 1.165) is 22.6 Å². The number of aromatic nitrogens is 1. The number of hydrogen-bond acceptors (Lipinski definition) is 2. The molecule has 1 aromatic carbocycles. The summed E-state index contributed by atoms with van der Waals surface area (Å²) >= 11 is 0. The fourth-order valence-corrected chi connectivity index (χ4v) is 3.34. The maximum atomic E-state index is 12.6. The molecule has 3 nitrogen and oxygen atoms in total. The molecule has 0 spiro atoms. The number of benzene rings is 1. The lowest BCUT2D eigenvalue weighted by Gasteiger charge is -2.25. The van der Waals surface area contributed by atoms with Crippen molar-refractivity contribution >= 4 is 11.5 Å². The molecule has 24 heavy (non-hydrogen) atoms. The van der Waals surface area contributed by atoms with Gasteiger partial charge in [0, 0.05) is 28.2 Å². The highest BCUT2D eigenvalue weighted by atomic mass is 16.1. The molecule has 0 unspecified atom stereocenters. The van der Waals surface area contributed by atoms with Gasteiger partial charge in [-0.05, 0) is 64.3 Å². The second kappa shape index (κ2) is 6.84. The fraction of sp³-hybridized carbons (Fsp3) is 0.476. The number of ketones is 1. The van der Waals surface area contributed by atoms with Crippen LogP contribution in [0.5, 0.6) is 0 Å². The van der Waals surface area contributed by atoms with Crippen LogP contribution in [-0.4, -0.2) is 16.9 Å². The Kier molecular flexibility index (Phi) is 5.22. The van der Waals surface area contributed by atoms with Crippen molar-refractivity contribution in [2.45, 2.75) is 59.9 Å². The number of carbonyl (C=O) groups excluding carboxylic acids is 1. The first-order chi connectivity index (χ1) is 11.1. The monoisotopic (exact) mass is 326 g/mol. The lowest BCUT2D eigenvalue weighted by atomic mass is 10.0. The van der Waals surface area contributed by atoms with Crippen molar-refractivity contribution in [1.29, 1.82) is 0 Å². The number of nitrogens with one attached hydrogen (secondary N) is 1. The molecule has 0 saturated carbocycles. The van der Waals surface area contributed by atoms with E-state index in [9.17, 15) is 4.79 Å². The molecule has 3 heteroatoms. The maximum absolute atomic E-state index is 12.6. The first kappa shape index (κ1) is 18.3. The predicted molar refractivity (Wildman–Crippen MR) is 102 cm³/mol. The van der Waals surface area contributed by atoms with Gasteiger partial charge in [0.25, 0.3) is 0 Å². The molecule has 0 fully saturated rings. The largest absolute Gasteiger partial charge is 0.378 e. The van der Waals surface area contributed by atoms with E-state index in [0.29, 0.717) is 12.5 Å². The Morgan fingerprint density at radius 3 is 2.17 bits per heavy atom.